The minimum atomic E-state index is -4.63. The zero-order chi connectivity index (χ0) is 28.0. The number of nitriles is 1. The third kappa shape index (κ3) is 8.77. The molecule has 1 unspecified atom stereocenters. The van der Waals surface area contributed by atoms with Crippen LogP contribution in [0.3, 0.4) is 0 Å². The van der Waals surface area contributed by atoms with Crippen LogP contribution in [0.4, 0.5) is 18.0 Å². The van der Waals surface area contributed by atoms with Crippen LogP contribution in [0.5, 0.6) is 0 Å². The summed E-state index contributed by atoms with van der Waals surface area (Å²) in [5, 5.41) is 18.8. The molecule has 208 valence electrons. The van der Waals surface area contributed by atoms with E-state index >= 15 is 0 Å². The van der Waals surface area contributed by atoms with Crippen LogP contribution in [-0.2, 0) is 19.1 Å². The molecule has 0 aromatic carbocycles. The fraction of sp³-hybridized carbons (Fsp3) is 0.783. The van der Waals surface area contributed by atoms with Crippen molar-refractivity contribution in [2.45, 2.75) is 77.4 Å². The Labute approximate surface area is 213 Å². The van der Waals surface area contributed by atoms with Crippen molar-refractivity contribution in [1.82, 2.24) is 26.2 Å². The fourth-order valence-electron chi connectivity index (χ4n) is 4.39. The molecule has 0 spiro atoms. The second-order valence-electron chi connectivity index (χ2n) is 10.3. The van der Waals surface area contributed by atoms with Gasteiger partial charge in [-0.3, -0.25) is 14.4 Å². The van der Waals surface area contributed by atoms with Crippen molar-refractivity contribution >= 4 is 23.8 Å². The number of hydrogen-bond donors (Lipinski definition) is 4. The summed E-state index contributed by atoms with van der Waals surface area (Å²) < 4.78 is 43.1. The summed E-state index contributed by atoms with van der Waals surface area (Å²) >= 11 is 0. The molecule has 0 aromatic rings. The molecule has 14 heteroatoms. The third-order valence-electron chi connectivity index (χ3n) is 6.24. The molecule has 0 aliphatic carbocycles. The summed E-state index contributed by atoms with van der Waals surface area (Å²) in [5.41, 5.74) is -0.914. The second kappa shape index (κ2) is 12.4. The van der Waals surface area contributed by atoms with Crippen molar-refractivity contribution < 1.29 is 37.1 Å². The van der Waals surface area contributed by atoms with Crippen molar-refractivity contribution in [3.05, 3.63) is 0 Å². The number of urea groups is 1. The third-order valence-corrected chi connectivity index (χ3v) is 6.24. The highest BCUT2D eigenvalue weighted by Gasteiger charge is 2.46. The van der Waals surface area contributed by atoms with E-state index in [0.29, 0.717) is 19.6 Å². The normalized spacial score (nSPS) is 23.6. The van der Waals surface area contributed by atoms with Crippen molar-refractivity contribution in [3.63, 3.8) is 0 Å². The first kappa shape index (κ1) is 30.1. The summed E-state index contributed by atoms with van der Waals surface area (Å²) in [6, 6.07) is -2.46. The highest BCUT2D eigenvalue weighted by molar-refractivity contribution is 5.93. The first-order chi connectivity index (χ1) is 17.2. The van der Waals surface area contributed by atoms with E-state index in [1.165, 1.54) is 4.90 Å². The number of alkyl halides is 3. The minimum absolute atomic E-state index is 0.0193. The lowest BCUT2D eigenvalue weighted by Crippen LogP contribution is -2.59. The Morgan fingerprint density at radius 1 is 1.24 bits per heavy atom. The monoisotopic (exact) mass is 532 g/mol. The summed E-state index contributed by atoms with van der Waals surface area (Å²) in [5.74, 6) is -1.88. The van der Waals surface area contributed by atoms with Crippen LogP contribution in [0.25, 0.3) is 0 Å². The maximum absolute atomic E-state index is 13.6. The van der Waals surface area contributed by atoms with Gasteiger partial charge in [0, 0.05) is 32.0 Å². The smallest absolute Gasteiger partial charge is 0.377 e. The highest BCUT2D eigenvalue weighted by Crippen LogP contribution is 2.28. The molecule has 11 nitrogen and oxygen atoms in total. The topological polar surface area (TPSA) is 153 Å². The molecule has 5 amide bonds. The number of amides is 5. The first-order valence-electron chi connectivity index (χ1n) is 12.2. The van der Waals surface area contributed by atoms with E-state index in [2.05, 4.69) is 16.0 Å². The van der Waals surface area contributed by atoms with Crippen LogP contribution in [0, 0.1) is 22.7 Å². The van der Waals surface area contributed by atoms with Crippen LogP contribution in [-0.4, -0.2) is 85.3 Å². The molecule has 2 rings (SSSR count). The van der Waals surface area contributed by atoms with Gasteiger partial charge in [-0.05, 0) is 25.2 Å². The number of carbonyl (C=O) groups is 4. The molecule has 0 bridgehead atoms. The van der Waals surface area contributed by atoms with Crippen LogP contribution in [0.1, 0.15) is 47.0 Å². The molecule has 2 aliphatic heterocycles. The minimum Gasteiger partial charge on any atom is -0.377 e. The summed E-state index contributed by atoms with van der Waals surface area (Å²) in [6.07, 6.45) is -4.33. The largest absolute Gasteiger partial charge is 0.405 e. The number of halogens is 3. The maximum Gasteiger partial charge on any atom is 0.405 e. The maximum atomic E-state index is 13.6. The van der Waals surface area contributed by atoms with E-state index in [0.717, 1.165) is 0 Å². The predicted octanol–water partition coefficient (Wildman–Crippen LogP) is 0.803. The molecule has 0 radical (unpaired) electrons. The molecule has 5 atom stereocenters. The average molecular weight is 533 g/mol. The van der Waals surface area contributed by atoms with Gasteiger partial charge in [0.25, 0.3) is 0 Å². The van der Waals surface area contributed by atoms with Crippen molar-refractivity contribution in [1.29, 1.82) is 5.26 Å². The van der Waals surface area contributed by atoms with Crippen LogP contribution in [0.2, 0.25) is 0 Å². The Morgan fingerprint density at radius 3 is 2.43 bits per heavy atom. The van der Waals surface area contributed by atoms with E-state index in [1.807, 2.05) is 6.07 Å². The number of likely N-dealkylation sites (tertiary alicyclic amines) is 1. The molecule has 4 N–H and O–H groups in total. The fourth-order valence-corrected chi connectivity index (χ4v) is 4.39. The van der Waals surface area contributed by atoms with Crippen LogP contribution in [0.15, 0.2) is 0 Å². The SMILES string of the molecule is CCO[C@@H]1CC(C(=O)N[C@H](C#N)C[C@@H]2CCNC2=O)N(C(=O)[C@@H](NC(=O)NCC(F)(F)F)C(C)(C)C)C1. The number of ether oxygens (including phenoxy) is 1. The Hall–Kier alpha value is -3.08. The van der Waals surface area contributed by atoms with Crippen molar-refractivity contribution in [2.24, 2.45) is 11.3 Å². The Kier molecular flexibility index (Phi) is 10.1. The first-order valence-corrected chi connectivity index (χ1v) is 12.2. The molecule has 0 aromatic heterocycles. The molecule has 2 saturated heterocycles. The summed E-state index contributed by atoms with van der Waals surface area (Å²) in [7, 11) is 0. The number of nitrogens with one attached hydrogen (secondary N) is 4. The van der Waals surface area contributed by atoms with Gasteiger partial charge in [-0.2, -0.15) is 18.4 Å². The Balaban J connectivity index is 2.18. The number of carbonyl (C=O) groups excluding carboxylic acids is 4. The van der Waals surface area contributed by atoms with Gasteiger partial charge < -0.3 is 30.9 Å². The predicted molar refractivity (Wildman–Crippen MR) is 125 cm³/mol. The Morgan fingerprint density at radius 2 is 1.92 bits per heavy atom. The second-order valence-corrected chi connectivity index (χ2v) is 10.3. The van der Waals surface area contributed by atoms with Gasteiger partial charge in [0.1, 0.15) is 24.7 Å². The van der Waals surface area contributed by atoms with Gasteiger partial charge in [-0.25, -0.2) is 4.79 Å². The zero-order valence-electron chi connectivity index (χ0n) is 21.4. The highest BCUT2D eigenvalue weighted by atomic mass is 19.4. The summed E-state index contributed by atoms with van der Waals surface area (Å²) in [4.78, 5) is 52.0. The summed E-state index contributed by atoms with van der Waals surface area (Å²) in [6.45, 7) is 5.90. The van der Waals surface area contributed by atoms with Gasteiger partial charge in [0.2, 0.25) is 17.7 Å². The van der Waals surface area contributed by atoms with E-state index in [1.54, 1.807) is 33.0 Å². The number of rotatable bonds is 9. The number of hydrogen-bond acceptors (Lipinski definition) is 6. The lowest BCUT2D eigenvalue weighted by atomic mass is 9.85. The number of nitrogens with zero attached hydrogens (tertiary/aromatic N) is 2. The molecule has 2 aliphatic rings. The molecule has 0 saturated carbocycles. The molecular weight excluding hydrogens is 497 g/mol. The van der Waals surface area contributed by atoms with E-state index in [4.69, 9.17) is 4.74 Å². The van der Waals surface area contributed by atoms with E-state index in [9.17, 15) is 37.6 Å². The van der Waals surface area contributed by atoms with Crippen LogP contribution < -0.4 is 21.3 Å². The quantitative estimate of drug-likeness (QED) is 0.345. The molecule has 37 heavy (non-hydrogen) atoms. The molecular formula is C23H35F3N6O5. The van der Waals surface area contributed by atoms with Gasteiger partial charge >= 0.3 is 12.2 Å². The lowest BCUT2D eigenvalue weighted by Gasteiger charge is -2.35. The van der Waals surface area contributed by atoms with Crippen molar-refractivity contribution in [2.75, 3.05) is 26.2 Å². The Bertz CT molecular complexity index is 901. The van der Waals surface area contributed by atoms with E-state index < -0.39 is 66.1 Å². The van der Waals surface area contributed by atoms with Gasteiger partial charge in [0.15, 0.2) is 0 Å². The molecule has 2 heterocycles. The lowest BCUT2D eigenvalue weighted by molar-refractivity contribution is -0.142. The van der Waals surface area contributed by atoms with Gasteiger partial charge in [-0.1, -0.05) is 20.8 Å². The standard InChI is InChI=1S/C23H35F3N6O5/c1-5-37-15-9-16(19(34)30-14(10-27)8-13-6-7-28-18(13)33)32(11-15)20(35)17(22(2,3)4)31-21(36)29-12-23(24,25)26/h13-17H,5-9,11-12H2,1-4H3,(H,28,33)(H,30,34)(H2,29,31,36)/t13-,14-,15+,16?,17+/m0/s1. The van der Waals surface area contributed by atoms with Crippen LogP contribution >= 0.6 is 0 Å². The van der Waals surface area contributed by atoms with E-state index in [-0.39, 0.29) is 25.3 Å². The average Bonchev–Trinajstić information content (AvgIpc) is 3.40. The van der Waals surface area contributed by atoms with Gasteiger partial charge in [0.05, 0.1) is 12.2 Å². The molecule has 2 fully saturated rings. The van der Waals surface area contributed by atoms with Gasteiger partial charge in [-0.15, -0.1) is 0 Å². The zero-order valence-corrected chi connectivity index (χ0v) is 21.4. The van der Waals surface area contributed by atoms with Crippen molar-refractivity contribution in [3.8, 4) is 6.07 Å².